The fourth-order valence-electron chi connectivity index (χ4n) is 5.07. The molecule has 0 saturated carbocycles. The van der Waals surface area contributed by atoms with E-state index in [-0.39, 0.29) is 22.8 Å². The number of fused-ring (bicyclic) bond motifs is 2. The Hall–Kier alpha value is -2.67. The lowest BCUT2D eigenvalue weighted by Gasteiger charge is -2.36. The number of carbonyl (C=O) groups is 1. The summed E-state index contributed by atoms with van der Waals surface area (Å²) in [6, 6.07) is 15.4. The molecule has 7 heteroatoms. The Morgan fingerprint density at radius 1 is 1.10 bits per heavy atom. The maximum atomic E-state index is 13.4. The molecule has 2 atom stereocenters. The van der Waals surface area contributed by atoms with Crippen molar-refractivity contribution < 1.29 is 13.2 Å². The van der Waals surface area contributed by atoms with Gasteiger partial charge in [-0.05, 0) is 48.9 Å². The molecule has 30 heavy (non-hydrogen) atoms. The van der Waals surface area contributed by atoms with E-state index in [2.05, 4.69) is 22.6 Å². The van der Waals surface area contributed by atoms with E-state index in [0.717, 1.165) is 25.7 Å². The predicted octanol–water partition coefficient (Wildman–Crippen LogP) is 2.99. The van der Waals surface area contributed by atoms with Crippen molar-refractivity contribution in [3.05, 3.63) is 65.2 Å². The topological polar surface area (TPSA) is 70.1 Å². The van der Waals surface area contributed by atoms with E-state index in [1.54, 1.807) is 18.2 Å². The zero-order chi connectivity index (χ0) is 20.9. The van der Waals surface area contributed by atoms with Crippen LogP contribution in [0.15, 0.2) is 57.8 Å². The summed E-state index contributed by atoms with van der Waals surface area (Å²) in [6.07, 6.45) is 3.61. The summed E-state index contributed by atoms with van der Waals surface area (Å²) in [5, 5.41) is 0. The van der Waals surface area contributed by atoms with Crippen LogP contribution in [0.1, 0.15) is 42.0 Å². The number of aryl methyl sites for hydroxylation is 1. The molecule has 0 bridgehead atoms. The van der Waals surface area contributed by atoms with Gasteiger partial charge in [-0.2, -0.15) is 8.42 Å². The Kier molecular flexibility index (Phi) is 4.65. The number of piperidine rings is 1. The lowest BCUT2D eigenvalue weighted by Crippen LogP contribution is -2.46. The van der Waals surface area contributed by atoms with Crippen LogP contribution in [0.5, 0.6) is 0 Å². The van der Waals surface area contributed by atoms with Crippen molar-refractivity contribution in [1.29, 1.82) is 0 Å². The lowest BCUT2D eigenvalue weighted by atomic mass is 9.94. The predicted molar refractivity (Wildman–Crippen MR) is 115 cm³/mol. The molecule has 2 aromatic carbocycles. The third kappa shape index (κ3) is 3.12. The molecule has 5 rings (SSSR count). The molecule has 0 N–H and O–H groups in total. The van der Waals surface area contributed by atoms with E-state index in [0.29, 0.717) is 24.5 Å². The van der Waals surface area contributed by atoms with Crippen molar-refractivity contribution >= 4 is 21.8 Å². The first-order valence-electron chi connectivity index (χ1n) is 10.5. The quantitative estimate of drug-likeness (QED) is 0.745. The smallest absolute Gasteiger partial charge is 0.285 e. The standard InChI is InChI=1S/C23H25N3O3S/c1-25(20-13-12-16-7-2-3-9-18(16)20)23(27)17-8-6-14-26(15-17)22-19-10-4-5-11-21(19)30(28,29)24-22/h2-5,7,9-11,17,20H,6,8,12-15H2,1H3. The normalized spacial score (nSPS) is 24.2. The van der Waals surface area contributed by atoms with Crippen molar-refractivity contribution in [1.82, 2.24) is 9.80 Å². The number of carbonyl (C=O) groups excluding carboxylic acids is 1. The van der Waals surface area contributed by atoms with Crippen LogP contribution >= 0.6 is 0 Å². The maximum Gasteiger partial charge on any atom is 0.285 e. The molecule has 1 fully saturated rings. The van der Waals surface area contributed by atoms with E-state index < -0.39 is 10.0 Å². The van der Waals surface area contributed by atoms with Crippen LogP contribution in [0.25, 0.3) is 0 Å². The number of nitrogens with zero attached hydrogens (tertiary/aromatic N) is 3. The first-order chi connectivity index (χ1) is 14.5. The molecule has 1 amide bonds. The molecule has 0 aromatic heterocycles. The van der Waals surface area contributed by atoms with Crippen LogP contribution in [-0.4, -0.2) is 50.1 Å². The van der Waals surface area contributed by atoms with Gasteiger partial charge >= 0.3 is 0 Å². The second-order valence-electron chi connectivity index (χ2n) is 8.37. The Labute approximate surface area is 177 Å². The zero-order valence-electron chi connectivity index (χ0n) is 17.0. The van der Waals surface area contributed by atoms with E-state index in [1.165, 1.54) is 11.1 Å². The molecule has 3 aliphatic rings. The van der Waals surface area contributed by atoms with Crippen LogP contribution in [0, 0.1) is 5.92 Å². The molecule has 0 spiro atoms. The third-order valence-electron chi connectivity index (χ3n) is 6.60. The van der Waals surface area contributed by atoms with Gasteiger partial charge in [0.2, 0.25) is 5.91 Å². The minimum absolute atomic E-state index is 0.119. The van der Waals surface area contributed by atoms with Gasteiger partial charge in [-0.1, -0.05) is 36.4 Å². The molecule has 2 unspecified atom stereocenters. The number of sulfonamides is 1. The number of hydrogen-bond donors (Lipinski definition) is 0. The highest BCUT2D eigenvalue weighted by atomic mass is 32.2. The number of amidine groups is 1. The Balaban J connectivity index is 1.36. The average Bonchev–Trinajstić information content (AvgIpc) is 3.32. The number of hydrogen-bond acceptors (Lipinski definition) is 4. The number of amides is 1. The number of rotatable bonds is 2. The summed E-state index contributed by atoms with van der Waals surface area (Å²) in [7, 11) is -1.75. The average molecular weight is 424 g/mol. The van der Waals surface area contributed by atoms with E-state index in [1.807, 2.05) is 29.0 Å². The molecule has 1 saturated heterocycles. The summed E-state index contributed by atoms with van der Waals surface area (Å²) >= 11 is 0. The SMILES string of the molecule is CN(C(=O)C1CCCN(C2=NS(=O)(=O)c3ccccc32)C1)C1CCc2ccccc21. The molecule has 2 heterocycles. The summed E-state index contributed by atoms with van der Waals surface area (Å²) in [4.78, 5) is 17.5. The van der Waals surface area contributed by atoms with Gasteiger partial charge in [-0.25, -0.2) is 0 Å². The minimum atomic E-state index is -3.65. The highest BCUT2D eigenvalue weighted by Gasteiger charge is 2.37. The van der Waals surface area contributed by atoms with Gasteiger partial charge < -0.3 is 9.80 Å². The molecule has 1 aliphatic carbocycles. The van der Waals surface area contributed by atoms with Crippen molar-refractivity contribution in [3.8, 4) is 0 Å². The molecular formula is C23H25N3O3S. The van der Waals surface area contributed by atoms with Gasteiger partial charge in [0.05, 0.1) is 12.0 Å². The molecule has 2 aromatic rings. The van der Waals surface area contributed by atoms with Crippen LogP contribution in [0.2, 0.25) is 0 Å². The van der Waals surface area contributed by atoms with E-state index >= 15 is 0 Å². The summed E-state index contributed by atoms with van der Waals surface area (Å²) in [5.74, 6) is 0.461. The third-order valence-corrected chi connectivity index (χ3v) is 7.92. The van der Waals surface area contributed by atoms with Gasteiger partial charge in [0.15, 0.2) is 5.84 Å². The molecule has 156 valence electrons. The summed E-state index contributed by atoms with van der Waals surface area (Å²) in [6.45, 7) is 1.21. The Bertz CT molecular complexity index is 1140. The summed E-state index contributed by atoms with van der Waals surface area (Å²) < 4.78 is 28.9. The minimum Gasteiger partial charge on any atom is -0.355 e. The maximum absolute atomic E-state index is 13.4. The van der Waals surface area contributed by atoms with Crippen LogP contribution < -0.4 is 0 Å². The van der Waals surface area contributed by atoms with Crippen LogP contribution in [-0.2, 0) is 21.2 Å². The lowest BCUT2D eigenvalue weighted by molar-refractivity contribution is -0.137. The Morgan fingerprint density at radius 3 is 2.73 bits per heavy atom. The first-order valence-corrected chi connectivity index (χ1v) is 11.9. The highest BCUT2D eigenvalue weighted by Crippen LogP contribution is 2.36. The number of likely N-dealkylation sites (tertiary alicyclic amines) is 1. The van der Waals surface area contributed by atoms with Gasteiger partial charge in [0.1, 0.15) is 4.90 Å². The van der Waals surface area contributed by atoms with Crippen molar-refractivity contribution in [2.24, 2.45) is 10.3 Å². The molecule has 6 nitrogen and oxygen atoms in total. The van der Waals surface area contributed by atoms with E-state index in [4.69, 9.17) is 0 Å². The van der Waals surface area contributed by atoms with Crippen molar-refractivity contribution in [3.63, 3.8) is 0 Å². The van der Waals surface area contributed by atoms with Crippen molar-refractivity contribution in [2.45, 2.75) is 36.6 Å². The van der Waals surface area contributed by atoms with E-state index in [9.17, 15) is 13.2 Å². The number of benzene rings is 2. The molecule has 2 aliphatic heterocycles. The first kappa shape index (κ1) is 19.3. The fourth-order valence-corrected chi connectivity index (χ4v) is 6.29. The van der Waals surface area contributed by atoms with Gasteiger partial charge in [-0.3, -0.25) is 4.79 Å². The molecular weight excluding hydrogens is 398 g/mol. The van der Waals surface area contributed by atoms with Gasteiger partial charge in [0, 0.05) is 25.7 Å². The molecule has 0 radical (unpaired) electrons. The zero-order valence-corrected chi connectivity index (χ0v) is 17.8. The highest BCUT2D eigenvalue weighted by molar-refractivity contribution is 7.90. The van der Waals surface area contributed by atoms with Gasteiger partial charge in [-0.15, -0.1) is 4.40 Å². The second-order valence-corrected chi connectivity index (χ2v) is 9.95. The van der Waals surface area contributed by atoms with Crippen LogP contribution in [0.4, 0.5) is 0 Å². The Morgan fingerprint density at radius 2 is 1.87 bits per heavy atom. The monoisotopic (exact) mass is 423 g/mol. The van der Waals surface area contributed by atoms with Gasteiger partial charge in [0.25, 0.3) is 10.0 Å². The fraction of sp³-hybridized carbons (Fsp3) is 0.391. The van der Waals surface area contributed by atoms with Crippen LogP contribution in [0.3, 0.4) is 0 Å². The second kappa shape index (κ2) is 7.23. The van der Waals surface area contributed by atoms with Crippen molar-refractivity contribution in [2.75, 3.05) is 20.1 Å². The largest absolute Gasteiger partial charge is 0.355 e. The summed E-state index contributed by atoms with van der Waals surface area (Å²) in [5.41, 5.74) is 3.22.